The highest BCUT2D eigenvalue weighted by atomic mass is 32.1. The Bertz CT molecular complexity index is 833. The molecule has 1 aromatic heterocycles. The first-order valence-electron chi connectivity index (χ1n) is 9.72. The van der Waals surface area contributed by atoms with Crippen LogP contribution in [0.3, 0.4) is 0 Å². The summed E-state index contributed by atoms with van der Waals surface area (Å²) >= 11 is 1.60. The Kier molecular flexibility index (Phi) is 7.54. The van der Waals surface area contributed by atoms with Gasteiger partial charge < -0.3 is 14.8 Å². The molecule has 0 aliphatic carbocycles. The van der Waals surface area contributed by atoms with Crippen LogP contribution in [-0.2, 0) is 14.3 Å². The van der Waals surface area contributed by atoms with E-state index in [0.717, 1.165) is 47.3 Å². The zero-order chi connectivity index (χ0) is 20.6. The van der Waals surface area contributed by atoms with E-state index in [1.165, 1.54) is 0 Å². The molecule has 1 aliphatic heterocycles. The summed E-state index contributed by atoms with van der Waals surface area (Å²) in [7, 11) is 1.65. The van der Waals surface area contributed by atoms with Crippen molar-refractivity contribution in [3.8, 4) is 16.3 Å². The van der Waals surface area contributed by atoms with Gasteiger partial charge in [-0.05, 0) is 45.0 Å². The zero-order valence-electron chi connectivity index (χ0n) is 16.7. The first-order valence-corrected chi connectivity index (χ1v) is 10.5. The van der Waals surface area contributed by atoms with Crippen LogP contribution < -0.4 is 10.1 Å². The Morgan fingerprint density at radius 3 is 2.72 bits per heavy atom. The normalized spacial score (nSPS) is 15.1. The number of para-hydroxylation sites is 1. The molecule has 2 heterocycles. The second-order valence-electron chi connectivity index (χ2n) is 6.78. The summed E-state index contributed by atoms with van der Waals surface area (Å²) < 4.78 is 10.2. The molecule has 0 unspecified atom stereocenters. The molecular formula is C20H26N4O4S. The highest BCUT2D eigenvalue weighted by Gasteiger charge is 2.25. The number of nitrogens with zero attached hydrogens (tertiary/aromatic N) is 3. The van der Waals surface area contributed by atoms with Crippen molar-refractivity contribution >= 4 is 23.2 Å². The molecule has 0 spiro atoms. The van der Waals surface area contributed by atoms with E-state index >= 15 is 0 Å². The largest absolute Gasteiger partial charge is 0.496 e. The van der Waals surface area contributed by atoms with Gasteiger partial charge in [0.1, 0.15) is 17.3 Å². The Labute approximate surface area is 174 Å². The van der Waals surface area contributed by atoms with E-state index < -0.39 is 5.97 Å². The van der Waals surface area contributed by atoms with Gasteiger partial charge in [-0.25, -0.2) is 0 Å². The Hall–Kier alpha value is -2.52. The van der Waals surface area contributed by atoms with Crippen molar-refractivity contribution in [1.29, 1.82) is 0 Å². The molecule has 9 heteroatoms. The first kappa shape index (κ1) is 21.2. The summed E-state index contributed by atoms with van der Waals surface area (Å²) in [4.78, 5) is 25.4. The molecule has 3 rings (SSSR count). The number of hydrogen-bond donors (Lipinski definition) is 1. The maximum absolute atomic E-state index is 12.0. The van der Waals surface area contributed by atoms with Gasteiger partial charge in [0.2, 0.25) is 5.91 Å². The van der Waals surface area contributed by atoms with Gasteiger partial charge in [-0.3, -0.25) is 14.5 Å². The minimum absolute atomic E-state index is 0.0837. The van der Waals surface area contributed by atoms with Crippen molar-refractivity contribution in [2.75, 3.05) is 39.9 Å². The zero-order valence-corrected chi connectivity index (χ0v) is 17.5. The maximum atomic E-state index is 12.0. The standard InChI is InChI=1S/C20H26N4O4S/c1-3-28-18(26)12-21-17(25)13-24-10-8-14(9-11-24)19-22-23-20(29-19)15-6-4-5-7-16(15)27-2/h4-7,14H,3,8-13H2,1-2H3,(H,21,25). The van der Waals surface area contributed by atoms with Crippen molar-refractivity contribution in [1.82, 2.24) is 20.4 Å². The topological polar surface area (TPSA) is 93.7 Å². The van der Waals surface area contributed by atoms with Crippen LogP contribution in [0.2, 0.25) is 0 Å². The first-order chi connectivity index (χ1) is 14.1. The number of aromatic nitrogens is 2. The third kappa shape index (κ3) is 5.74. The fraction of sp³-hybridized carbons (Fsp3) is 0.500. The van der Waals surface area contributed by atoms with Gasteiger partial charge in [0.05, 0.1) is 25.8 Å². The number of ether oxygens (including phenoxy) is 2. The van der Waals surface area contributed by atoms with Crippen LogP contribution in [0.5, 0.6) is 5.75 Å². The van der Waals surface area contributed by atoms with Crippen LogP contribution in [0.1, 0.15) is 30.7 Å². The van der Waals surface area contributed by atoms with Crippen LogP contribution in [0.25, 0.3) is 10.6 Å². The van der Waals surface area contributed by atoms with Gasteiger partial charge in [-0.15, -0.1) is 10.2 Å². The predicted octanol–water partition coefficient (Wildman–Crippen LogP) is 2.07. The van der Waals surface area contributed by atoms with Crippen molar-refractivity contribution in [3.63, 3.8) is 0 Å². The summed E-state index contributed by atoms with van der Waals surface area (Å²) in [5.41, 5.74) is 0.953. The minimum atomic E-state index is -0.415. The molecule has 1 aliphatic rings. The van der Waals surface area contributed by atoms with Crippen LogP contribution in [0.15, 0.2) is 24.3 Å². The van der Waals surface area contributed by atoms with Crippen LogP contribution >= 0.6 is 11.3 Å². The molecule has 0 radical (unpaired) electrons. The summed E-state index contributed by atoms with van der Waals surface area (Å²) in [6.07, 6.45) is 1.84. The van der Waals surface area contributed by atoms with Crippen molar-refractivity contribution in [3.05, 3.63) is 29.3 Å². The lowest BCUT2D eigenvalue weighted by Gasteiger charge is -2.30. The molecule has 156 valence electrons. The number of amides is 1. The molecule has 1 N–H and O–H groups in total. The molecular weight excluding hydrogens is 392 g/mol. The lowest BCUT2D eigenvalue weighted by Crippen LogP contribution is -2.42. The van der Waals surface area contributed by atoms with Gasteiger partial charge >= 0.3 is 5.97 Å². The van der Waals surface area contributed by atoms with Crippen molar-refractivity contribution < 1.29 is 19.1 Å². The molecule has 1 fully saturated rings. The number of piperidine rings is 1. The number of benzene rings is 1. The van der Waals surface area contributed by atoms with Crippen molar-refractivity contribution in [2.24, 2.45) is 0 Å². The second-order valence-corrected chi connectivity index (χ2v) is 7.79. The summed E-state index contributed by atoms with van der Waals surface area (Å²) in [6.45, 7) is 3.87. The van der Waals surface area contributed by atoms with Crippen LogP contribution in [0, 0.1) is 0 Å². The van der Waals surface area contributed by atoms with Crippen LogP contribution in [-0.4, -0.2) is 66.9 Å². The number of methoxy groups -OCH3 is 1. The molecule has 0 atom stereocenters. The number of carbonyl (C=O) groups is 2. The quantitative estimate of drug-likeness (QED) is 0.656. The van der Waals surface area contributed by atoms with Gasteiger partial charge in [0.15, 0.2) is 5.01 Å². The molecule has 2 aromatic rings. The summed E-state index contributed by atoms with van der Waals surface area (Å²) in [6, 6.07) is 7.80. The number of carbonyl (C=O) groups excluding carboxylic acids is 2. The predicted molar refractivity (Wildman–Crippen MR) is 110 cm³/mol. The van der Waals surface area contributed by atoms with E-state index in [2.05, 4.69) is 20.4 Å². The summed E-state index contributed by atoms with van der Waals surface area (Å²) in [5, 5.41) is 13.3. The van der Waals surface area contributed by atoms with E-state index in [9.17, 15) is 9.59 Å². The highest BCUT2D eigenvalue weighted by Crippen LogP contribution is 2.36. The van der Waals surface area contributed by atoms with Gasteiger partial charge in [0, 0.05) is 5.92 Å². The lowest BCUT2D eigenvalue weighted by atomic mass is 9.98. The van der Waals surface area contributed by atoms with Crippen molar-refractivity contribution in [2.45, 2.75) is 25.7 Å². The number of esters is 1. The third-order valence-electron chi connectivity index (χ3n) is 4.82. The van der Waals surface area contributed by atoms with Crippen LogP contribution in [0.4, 0.5) is 0 Å². The molecule has 1 aromatic carbocycles. The lowest BCUT2D eigenvalue weighted by molar-refractivity contribution is -0.143. The third-order valence-corrected chi connectivity index (χ3v) is 5.94. The SMILES string of the molecule is CCOC(=O)CNC(=O)CN1CCC(c2nnc(-c3ccccc3OC)s2)CC1. The molecule has 0 saturated carbocycles. The number of rotatable bonds is 8. The Balaban J connectivity index is 1.49. The van der Waals surface area contributed by atoms with Gasteiger partial charge in [-0.1, -0.05) is 23.5 Å². The van der Waals surface area contributed by atoms with E-state index in [-0.39, 0.29) is 19.0 Å². The summed E-state index contributed by atoms with van der Waals surface area (Å²) in [5.74, 6) is 0.557. The molecule has 29 heavy (non-hydrogen) atoms. The second kappa shape index (κ2) is 10.3. The average Bonchev–Trinajstić information content (AvgIpc) is 3.23. The van der Waals surface area contributed by atoms with Gasteiger partial charge in [0.25, 0.3) is 0 Å². The van der Waals surface area contributed by atoms with E-state index in [4.69, 9.17) is 9.47 Å². The van der Waals surface area contributed by atoms with E-state index in [0.29, 0.717) is 12.5 Å². The Morgan fingerprint density at radius 1 is 1.24 bits per heavy atom. The molecule has 1 saturated heterocycles. The smallest absolute Gasteiger partial charge is 0.325 e. The highest BCUT2D eigenvalue weighted by molar-refractivity contribution is 7.14. The fourth-order valence-corrected chi connectivity index (χ4v) is 4.35. The van der Waals surface area contributed by atoms with E-state index in [1.54, 1.807) is 25.4 Å². The minimum Gasteiger partial charge on any atom is -0.496 e. The average molecular weight is 419 g/mol. The molecule has 1 amide bonds. The molecule has 8 nitrogen and oxygen atoms in total. The fourth-order valence-electron chi connectivity index (χ4n) is 3.31. The number of hydrogen-bond acceptors (Lipinski definition) is 8. The number of nitrogens with one attached hydrogen (secondary N) is 1. The Morgan fingerprint density at radius 2 is 2.00 bits per heavy atom. The monoisotopic (exact) mass is 418 g/mol. The maximum Gasteiger partial charge on any atom is 0.325 e. The molecule has 0 bridgehead atoms. The number of likely N-dealkylation sites (tertiary alicyclic amines) is 1. The van der Waals surface area contributed by atoms with Gasteiger partial charge in [-0.2, -0.15) is 0 Å². The van der Waals surface area contributed by atoms with E-state index in [1.807, 2.05) is 24.3 Å².